The number of aliphatic hydroxyl groups is 1. The van der Waals surface area contributed by atoms with Crippen molar-refractivity contribution in [3.8, 4) is 6.07 Å². The van der Waals surface area contributed by atoms with Crippen molar-refractivity contribution in [3.63, 3.8) is 0 Å². The van der Waals surface area contributed by atoms with Gasteiger partial charge < -0.3 is 10.4 Å². The number of nitrogens with one attached hydrogen (secondary N) is 1. The van der Waals surface area contributed by atoms with E-state index in [1.54, 1.807) is 6.92 Å². The van der Waals surface area contributed by atoms with Crippen LogP contribution in [0.3, 0.4) is 0 Å². The lowest BCUT2D eigenvalue weighted by atomic mass is 9.52. The number of benzene rings is 1. The molecule has 7 nitrogen and oxygen atoms in total. The molecule has 1 aliphatic heterocycles. The SMILES string of the molecule is C[C@]1(C(=O)NC2[C@@H]3CC4C[C@H]2CC(O)(C4)C3)CCCN1S(=O)(=O)c1ccc(C#N)cc1Cl. The summed E-state index contributed by atoms with van der Waals surface area (Å²) in [6, 6.07) is 6.03. The molecular formula is C23H28ClN3O4S. The molecule has 1 aromatic carbocycles. The van der Waals surface area contributed by atoms with Crippen molar-refractivity contribution in [2.45, 2.75) is 73.9 Å². The summed E-state index contributed by atoms with van der Waals surface area (Å²) in [4.78, 5) is 13.5. The lowest BCUT2D eigenvalue weighted by Crippen LogP contribution is -2.65. The van der Waals surface area contributed by atoms with Gasteiger partial charge in [0.2, 0.25) is 15.9 Å². The Morgan fingerprint density at radius 1 is 1.28 bits per heavy atom. The number of halogens is 1. The zero-order valence-electron chi connectivity index (χ0n) is 18.1. The minimum absolute atomic E-state index is 0.0141. The molecule has 1 saturated heterocycles. The highest BCUT2D eigenvalue weighted by atomic mass is 35.5. The van der Waals surface area contributed by atoms with E-state index in [4.69, 9.17) is 16.9 Å². The van der Waals surface area contributed by atoms with E-state index in [2.05, 4.69) is 5.32 Å². The van der Waals surface area contributed by atoms with E-state index in [0.29, 0.717) is 31.6 Å². The van der Waals surface area contributed by atoms with Gasteiger partial charge in [0.1, 0.15) is 10.4 Å². The zero-order chi connectivity index (χ0) is 22.9. The molecule has 6 atom stereocenters. The molecule has 5 aliphatic rings. The van der Waals surface area contributed by atoms with Crippen LogP contribution in [0, 0.1) is 29.1 Å². The maximum atomic E-state index is 13.6. The molecule has 4 saturated carbocycles. The van der Waals surface area contributed by atoms with Crippen LogP contribution >= 0.6 is 11.6 Å². The van der Waals surface area contributed by atoms with Gasteiger partial charge in [0, 0.05) is 12.6 Å². The number of hydrogen-bond acceptors (Lipinski definition) is 5. The van der Waals surface area contributed by atoms with Crippen molar-refractivity contribution in [2.75, 3.05) is 6.54 Å². The number of carbonyl (C=O) groups is 1. The van der Waals surface area contributed by atoms with Crippen molar-refractivity contribution in [1.29, 1.82) is 5.26 Å². The predicted molar refractivity (Wildman–Crippen MR) is 118 cm³/mol. The molecule has 32 heavy (non-hydrogen) atoms. The van der Waals surface area contributed by atoms with Crippen LogP contribution in [-0.4, -0.2) is 47.5 Å². The van der Waals surface area contributed by atoms with Crippen molar-refractivity contribution < 1.29 is 18.3 Å². The quantitative estimate of drug-likeness (QED) is 0.692. The van der Waals surface area contributed by atoms with Crippen LogP contribution in [-0.2, 0) is 14.8 Å². The number of nitrogens with zero attached hydrogens (tertiary/aromatic N) is 2. The molecule has 172 valence electrons. The first kappa shape index (κ1) is 22.1. The van der Waals surface area contributed by atoms with Crippen molar-refractivity contribution >= 4 is 27.5 Å². The Labute approximate surface area is 193 Å². The highest BCUT2D eigenvalue weighted by molar-refractivity contribution is 7.89. The summed E-state index contributed by atoms with van der Waals surface area (Å²) in [5.41, 5.74) is -1.52. The molecule has 1 heterocycles. The Balaban J connectivity index is 1.39. The van der Waals surface area contributed by atoms with Crippen molar-refractivity contribution in [2.24, 2.45) is 17.8 Å². The van der Waals surface area contributed by atoms with Gasteiger partial charge in [-0.1, -0.05) is 11.6 Å². The second-order valence-corrected chi connectivity index (χ2v) is 12.6. The fourth-order valence-corrected chi connectivity index (χ4v) is 9.30. The summed E-state index contributed by atoms with van der Waals surface area (Å²) >= 11 is 6.21. The van der Waals surface area contributed by atoms with Crippen LogP contribution in [0.2, 0.25) is 5.02 Å². The third kappa shape index (κ3) is 3.37. The van der Waals surface area contributed by atoms with E-state index in [0.717, 1.165) is 19.3 Å². The van der Waals surface area contributed by atoms with Gasteiger partial charge in [-0.05, 0) is 87.8 Å². The fourth-order valence-electron chi connectivity index (χ4n) is 6.97. The third-order valence-electron chi connectivity index (χ3n) is 8.23. The van der Waals surface area contributed by atoms with E-state index in [1.165, 1.54) is 22.5 Å². The van der Waals surface area contributed by atoms with Crippen LogP contribution in [0.5, 0.6) is 0 Å². The van der Waals surface area contributed by atoms with E-state index < -0.39 is 21.2 Å². The number of hydrogen-bond donors (Lipinski definition) is 2. The lowest BCUT2D eigenvalue weighted by Gasteiger charge is -2.58. The van der Waals surface area contributed by atoms with E-state index in [9.17, 15) is 18.3 Å². The predicted octanol–water partition coefficient (Wildman–Crippen LogP) is 2.81. The van der Waals surface area contributed by atoms with Gasteiger partial charge in [0.05, 0.1) is 22.3 Å². The first-order valence-corrected chi connectivity index (χ1v) is 13.1. The summed E-state index contributed by atoms with van der Waals surface area (Å²) in [7, 11) is -4.03. The third-order valence-corrected chi connectivity index (χ3v) is 10.7. The van der Waals surface area contributed by atoms with E-state index in [1.807, 2.05) is 6.07 Å². The number of rotatable bonds is 4. The van der Waals surface area contributed by atoms with Gasteiger partial charge in [0.15, 0.2) is 0 Å². The second kappa shape index (κ2) is 7.42. The molecule has 2 N–H and O–H groups in total. The van der Waals surface area contributed by atoms with Gasteiger partial charge in [-0.25, -0.2) is 8.42 Å². The van der Waals surface area contributed by atoms with E-state index >= 15 is 0 Å². The average Bonchev–Trinajstić information content (AvgIpc) is 3.13. The molecule has 1 amide bonds. The first-order valence-electron chi connectivity index (χ1n) is 11.3. The molecule has 0 aromatic heterocycles. The van der Waals surface area contributed by atoms with Gasteiger partial charge in [0.25, 0.3) is 0 Å². The monoisotopic (exact) mass is 477 g/mol. The Morgan fingerprint density at radius 3 is 2.56 bits per heavy atom. The fraction of sp³-hybridized carbons (Fsp3) is 0.652. The molecular weight excluding hydrogens is 450 g/mol. The topological polar surface area (TPSA) is 110 Å². The number of amides is 1. The molecule has 9 heteroatoms. The largest absolute Gasteiger partial charge is 0.390 e. The molecule has 3 unspecified atom stereocenters. The smallest absolute Gasteiger partial charge is 0.245 e. The molecule has 0 radical (unpaired) electrons. The maximum Gasteiger partial charge on any atom is 0.245 e. The molecule has 4 aliphatic carbocycles. The minimum atomic E-state index is -4.03. The van der Waals surface area contributed by atoms with Crippen LogP contribution in [0.4, 0.5) is 0 Å². The van der Waals surface area contributed by atoms with E-state index in [-0.39, 0.29) is 45.8 Å². The number of sulfonamides is 1. The summed E-state index contributed by atoms with van der Waals surface area (Å²) < 4.78 is 28.3. The van der Waals surface area contributed by atoms with Crippen molar-refractivity contribution in [1.82, 2.24) is 9.62 Å². The second-order valence-electron chi connectivity index (χ2n) is 10.4. The van der Waals surface area contributed by atoms with Gasteiger partial charge >= 0.3 is 0 Å². The molecule has 1 aromatic rings. The molecule has 5 fully saturated rings. The van der Waals surface area contributed by atoms with Gasteiger partial charge in [-0.15, -0.1) is 0 Å². The molecule has 6 rings (SSSR count). The van der Waals surface area contributed by atoms with Gasteiger partial charge in [-0.2, -0.15) is 9.57 Å². The lowest BCUT2D eigenvalue weighted by molar-refractivity contribution is -0.150. The first-order chi connectivity index (χ1) is 15.1. The zero-order valence-corrected chi connectivity index (χ0v) is 19.6. The van der Waals surface area contributed by atoms with Gasteiger partial charge in [-0.3, -0.25) is 4.79 Å². The highest BCUT2D eigenvalue weighted by Crippen LogP contribution is 2.55. The Hall–Kier alpha value is -1.66. The normalized spacial score (nSPS) is 38.6. The summed E-state index contributed by atoms with van der Waals surface area (Å²) in [6.45, 7) is 1.93. The summed E-state index contributed by atoms with van der Waals surface area (Å²) in [6.07, 6.45) is 5.34. The summed E-state index contributed by atoms with van der Waals surface area (Å²) in [5, 5.41) is 23.1. The Bertz CT molecular complexity index is 1100. The maximum absolute atomic E-state index is 13.6. The number of nitriles is 1. The van der Waals surface area contributed by atoms with Crippen LogP contribution < -0.4 is 5.32 Å². The molecule has 0 spiro atoms. The standard InChI is InChI=1S/C23H28ClN3O4S/c1-22(21(28)26-20-16-7-15-8-17(20)12-23(29,10-15)11-16)5-2-6-27(22)32(30,31)19-4-3-14(13-25)9-18(19)24/h3-4,9,15-17,20,29H,2,5-8,10-12H2,1H3,(H,26,28)/t15?,16-,17+,20?,22-,23?/m1/s1. The van der Waals surface area contributed by atoms with Crippen LogP contribution in [0.1, 0.15) is 57.4 Å². The summed E-state index contributed by atoms with van der Waals surface area (Å²) in [5.74, 6) is 0.757. The minimum Gasteiger partial charge on any atom is -0.390 e. The highest BCUT2D eigenvalue weighted by Gasteiger charge is 2.57. The Kier molecular flexibility index (Phi) is 5.14. The number of carbonyl (C=O) groups excluding carboxylic acids is 1. The Morgan fingerprint density at radius 2 is 1.97 bits per heavy atom. The van der Waals surface area contributed by atoms with Crippen LogP contribution in [0.15, 0.2) is 23.1 Å². The molecule has 4 bridgehead atoms. The van der Waals surface area contributed by atoms with Crippen LogP contribution in [0.25, 0.3) is 0 Å². The average molecular weight is 478 g/mol. The van der Waals surface area contributed by atoms with Crippen molar-refractivity contribution in [3.05, 3.63) is 28.8 Å².